The van der Waals surface area contributed by atoms with Crippen LogP contribution in [0.3, 0.4) is 0 Å². The molecule has 0 spiro atoms. The standard InChI is InChI=1S/C26H30FN7O/c1-26(2,3)22-11-21(20(27)14-29-22)33-23-19(24(35)31-17-6-7-17)13-30-25(34-23)32-18-5-4-16-12-28-9-8-15(16)10-18/h4-5,10-11,13-14,17,28H,6-9,12H2,1-3H3,(H,31,35)(H2,29,30,32,33,34). The Balaban J connectivity index is 1.47. The predicted molar refractivity (Wildman–Crippen MR) is 134 cm³/mol. The summed E-state index contributed by atoms with van der Waals surface area (Å²) in [5, 5.41) is 12.6. The van der Waals surface area contributed by atoms with E-state index in [9.17, 15) is 9.18 Å². The summed E-state index contributed by atoms with van der Waals surface area (Å²) in [6, 6.07) is 7.99. The average molecular weight is 476 g/mol. The second-order valence-electron chi connectivity index (χ2n) is 10.2. The predicted octanol–water partition coefficient (Wildman–Crippen LogP) is 4.33. The maximum Gasteiger partial charge on any atom is 0.256 e. The van der Waals surface area contributed by atoms with Crippen LogP contribution in [0.4, 0.5) is 27.5 Å². The van der Waals surface area contributed by atoms with Crippen molar-refractivity contribution in [1.29, 1.82) is 0 Å². The third-order valence-electron chi connectivity index (χ3n) is 6.17. The summed E-state index contributed by atoms with van der Waals surface area (Å²) in [4.78, 5) is 26.0. The average Bonchev–Trinajstić information content (AvgIpc) is 3.64. The summed E-state index contributed by atoms with van der Waals surface area (Å²) in [5.74, 6) is -0.265. The molecule has 1 saturated carbocycles. The highest BCUT2D eigenvalue weighted by atomic mass is 19.1. The number of nitrogens with zero attached hydrogens (tertiary/aromatic N) is 3. The molecule has 9 heteroatoms. The zero-order valence-corrected chi connectivity index (χ0v) is 20.2. The number of carbonyl (C=O) groups excluding carboxylic acids is 1. The summed E-state index contributed by atoms with van der Waals surface area (Å²) >= 11 is 0. The molecule has 0 radical (unpaired) electrons. The van der Waals surface area contributed by atoms with Crippen molar-refractivity contribution in [2.24, 2.45) is 0 Å². The van der Waals surface area contributed by atoms with E-state index in [0.29, 0.717) is 5.95 Å². The summed E-state index contributed by atoms with van der Waals surface area (Å²) in [6.07, 6.45) is 5.53. The zero-order valence-electron chi connectivity index (χ0n) is 20.2. The minimum atomic E-state index is -0.525. The molecular formula is C26H30FN7O. The second-order valence-corrected chi connectivity index (χ2v) is 10.2. The van der Waals surface area contributed by atoms with Crippen molar-refractivity contribution in [2.75, 3.05) is 17.2 Å². The van der Waals surface area contributed by atoms with Crippen molar-refractivity contribution in [3.05, 3.63) is 64.9 Å². The van der Waals surface area contributed by atoms with Crippen LogP contribution in [0.1, 0.15) is 60.8 Å². The van der Waals surface area contributed by atoms with Crippen LogP contribution < -0.4 is 21.3 Å². The Labute approximate surface area is 204 Å². The number of rotatable bonds is 6. The first-order valence-electron chi connectivity index (χ1n) is 12.0. The lowest BCUT2D eigenvalue weighted by Crippen LogP contribution is -2.27. The van der Waals surface area contributed by atoms with Gasteiger partial charge in [0.15, 0.2) is 5.82 Å². The van der Waals surface area contributed by atoms with Crippen LogP contribution in [-0.4, -0.2) is 33.4 Å². The molecule has 35 heavy (non-hydrogen) atoms. The fourth-order valence-electron chi connectivity index (χ4n) is 3.95. The van der Waals surface area contributed by atoms with Gasteiger partial charge in [-0.05, 0) is 55.1 Å². The van der Waals surface area contributed by atoms with E-state index in [4.69, 9.17) is 0 Å². The summed E-state index contributed by atoms with van der Waals surface area (Å²) in [6.45, 7) is 7.82. The van der Waals surface area contributed by atoms with Gasteiger partial charge in [-0.15, -0.1) is 0 Å². The van der Waals surface area contributed by atoms with Gasteiger partial charge in [-0.2, -0.15) is 4.98 Å². The third-order valence-corrected chi connectivity index (χ3v) is 6.17. The number of benzene rings is 1. The van der Waals surface area contributed by atoms with E-state index in [-0.39, 0.29) is 34.4 Å². The van der Waals surface area contributed by atoms with Gasteiger partial charge in [0.1, 0.15) is 11.4 Å². The van der Waals surface area contributed by atoms with Crippen LogP contribution in [0.15, 0.2) is 36.7 Å². The van der Waals surface area contributed by atoms with Gasteiger partial charge in [-0.3, -0.25) is 9.78 Å². The van der Waals surface area contributed by atoms with E-state index < -0.39 is 5.82 Å². The lowest BCUT2D eigenvalue weighted by atomic mass is 9.91. The molecule has 0 bridgehead atoms. The van der Waals surface area contributed by atoms with Crippen molar-refractivity contribution in [3.63, 3.8) is 0 Å². The van der Waals surface area contributed by atoms with E-state index >= 15 is 0 Å². The van der Waals surface area contributed by atoms with E-state index in [0.717, 1.165) is 43.7 Å². The van der Waals surface area contributed by atoms with Crippen LogP contribution in [-0.2, 0) is 18.4 Å². The van der Waals surface area contributed by atoms with E-state index in [2.05, 4.69) is 48.4 Å². The van der Waals surface area contributed by atoms with Crippen LogP contribution in [0.2, 0.25) is 0 Å². The molecule has 0 saturated heterocycles. The van der Waals surface area contributed by atoms with Crippen LogP contribution in [0.5, 0.6) is 0 Å². The first-order chi connectivity index (χ1) is 16.8. The monoisotopic (exact) mass is 475 g/mol. The van der Waals surface area contributed by atoms with Crippen molar-refractivity contribution in [1.82, 2.24) is 25.6 Å². The Bertz CT molecular complexity index is 1270. The topological polar surface area (TPSA) is 104 Å². The van der Waals surface area contributed by atoms with Gasteiger partial charge in [0, 0.05) is 35.6 Å². The highest BCUT2D eigenvalue weighted by molar-refractivity contribution is 5.99. The van der Waals surface area contributed by atoms with Crippen molar-refractivity contribution in [3.8, 4) is 0 Å². The van der Waals surface area contributed by atoms with Gasteiger partial charge in [0.2, 0.25) is 5.95 Å². The number of halogens is 1. The Morgan fingerprint density at radius 2 is 1.91 bits per heavy atom. The third kappa shape index (κ3) is 5.40. The molecule has 1 aliphatic carbocycles. The van der Waals surface area contributed by atoms with E-state index in [1.165, 1.54) is 23.5 Å². The molecule has 4 N–H and O–H groups in total. The number of carbonyl (C=O) groups is 1. The first-order valence-corrected chi connectivity index (χ1v) is 12.0. The number of nitrogens with one attached hydrogen (secondary N) is 4. The fraction of sp³-hybridized carbons (Fsp3) is 0.385. The molecular weight excluding hydrogens is 445 g/mol. The van der Waals surface area contributed by atoms with Gasteiger partial charge >= 0.3 is 0 Å². The number of fused-ring (bicyclic) bond motifs is 1. The molecule has 5 rings (SSSR count). The minimum absolute atomic E-state index is 0.170. The Kier molecular flexibility index (Phi) is 6.10. The maximum atomic E-state index is 14.7. The minimum Gasteiger partial charge on any atom is -0.349 e. The van der Waals surface area contributed by atoms with E-state index in [1.807, 2.05) is 26.8 Å². The number of amides is 1. The highest BCUT2D eigenvalue weighted by Crippen LogP contribution is 2.29. The Morgan fingerprint density at radius 1 is 1.09 bits per heavy atom. The number of aromatic nitrogens is 3. The quantitative estimate of drug-likeness (QED) is 0.421. The molecule has 1 amide bonds. The van der Waals surface area contributed by atoms with Crippen LogP contribution >= 0.6 is 0 Å². The highest BCUT2D eigenvalue weighted by Gasteiger charge is 2.26. The normalized spacial score (nSPS) is 15.3. The Hall–Kier alpha value is -3.59. The van der Waals surface area contributed by atoms with Gasteiger partial charge in [-0.25, -0.2) is 9.37 Å². The summed E-state index contributed by atoms with van der Waals surface area (Å²) in [5.41, 5.74) is 4.33. The summed E-state index contributed by atoms with van der Waals surface area (Å²) in [7, 11) is 0. The molecule has 2 aromatic heterocycles. The van der Waals surface area contributed by atoms with Crippen molar-refractivity contribution in [2.45, 2.75) is 58.0 Å². The van der Waals surface area contributed by atoms with Crippen LogP contribution in [0.25, 0.3) is 0 Å². The van der Waals surface area contributed by atoms with Gasteiger partial charge < -0.3 is 21.3 Å². The molecule has 3 aromatic rings. The molecule has 1 aromatic carbocycles. The van der Waals surface area contributed by atoms with Gasteiger partial charge in [0.25, 0.3) is 5.91 Å². The van der Waals surface area contributed by atoms with E-state index in [1.54, 1.807) is 6.07 Å². The number of hydrogen-bond donors (Lipinski definition) is 4. The van der Waals surface area contributed by atoms with Gasteiger partial charge in [-0.1, -0.05) is 26.8 Å². The molecule has 0 unspecified atom stereocenters. The first kappa shape index (κ1) is 23.2. The molecule has 2 aliphatic rings. The molecule has 1 fully saturated rings. The fourth-order valence-corrected chi connectivity index (χ4v) is 3.95. The number of hydrogen-bond acceptors (Lipinski definition) is 7. The number of pyridine rings is 1. The molecule has 1 aliphatic heterocycles. The second kappa shape index (κ2) is 9.22. The molecule has 0 atom stereocenters. The maximum absolute atomic E-state index is 14.7. The molecule has 182 valence electrons. The lowest BCUT2D eigenvalue weighted by molar-refractivity contribution is 0.0951. The zero-order chi connectivity index (χ0) is 24.6. The number of anilines is 4. The molecule has 8 nitrogen and oxygen atoms in total. The Morgan fingerprint density at radius 3 is 2.69 bits per heavy atom. The van der Waals surface area contributed by atoms with Crippen molar-refractivity contribution < 1.29 is 9.18 Å². The lowest BCUT2D eigenvalue weighted by Gasteiger charge is -2.20. The largest absolute Gasteiger partial charge is 0.349 e. The van der Waals surface area contributed by atoms with Crippen LogP contribution in [0, 0.1) is 5.82 Å². The summed E-state index contributed by atoms with van der Waals surface area (Å²) < 4.78 is 14.7. The SMILES string of the molecule is CC(C)(C)c1cc(Nc2nc(Nc3ccc4c(c3)CCNC4)ncc2C(=O)NC2CC2)c(F)cn1. The smallest absolute Gasteiger partial charge is 0.256 e. The van der Waals surface area contributed by atoms with Crippen molar-refractivity contribution >= 4 is 29.0 Å². The van der Waals surface area contributed by atoms with Gasteiger partial charge in [0.05, 0.1) is 11.9 Å². The molecule has 3 heterocycles.